The molecule has 0 saturated carbocycles. The number of alkyl halides is 1. The Bertz CT molecular complexity index is 1680. The first-order valence-corrected chi connectivity index (χ1v) is 14.0. The zero-order valence-corrected chi connectivity index (χ0v) is 24.4. The lowest BCUT2D eigenvalue weighted by atomic mass is 10.0. The number of carbonyl (C=O) groups is 4. The van der Waals surface area contributed by atoms with Gasteiger partial charge in [-0.1, -0.05) is 13.0 Å². The van der Waals surface area contributed by atoms with E-state index in [1.54, 1.807) is 67.2 Å². The first kappa shape index (κ1) is 29.5. The van der Waals surface area contributed by atoms with Crippen LogP contribution in [-0.4, -0.2) is 84.8 Å². The molecule has 0 spiro atoms. The number of fused-ring (bicyclic) bond motifs is 1. The summed E-state index contributed by atoms with van der Waals surface area (Å²) in [4.78, 5) is 55.1. The van der Waals surface area contributed by atoms with E-state index in [9.17, 15) is 23.6 Å². The fourth-order valence-electron chi connectivity index (χ4n) is 5.43. The van der Waals surface area contributed by atoms with Crippen molar-refractivity contribution in [2.75, 3.05) is 18.5 Å². The Morgan fingerprint density at radius 1 is 1.14 bits per heavy atom. The Kier molecular flexibility index (Phi) is 8.33. The monoisotopic (exact) mass is 588 g/mol. The van der Waals surface area contributed by atoms with E-state index < -0.39 is 30.1 Å². The molecule has 1 N–H and O–H groups in total. The predicted octanol–water partition coefficient (Wildman–Crippen LogP) is 2.53. The first-order chi connectivity index (χ1) is 20.6. The number of aryl methyl sites for hydroxylation is 1. The van der Waals surface area contributed by atoms with Crippen molar-refractivity contribution in [2.45, 2.75) is 51.5 Å². The summed E-state index contributed by atoms with van der Waals surface area (Å²) in [5.41, 5.74) is 2.74. The Labute approximate surface area is 247 Å². The minimum atomic E-state index is -1.39. The molecule has 3 aromatic heterocycles. The van der Waals surface area contributed by atoms with Gasteiger partial charge < -0.3 is 14.8 Å². The summed E-state index contributed by atoms with van der Waals surface area (Å²) in [6, 6.07) is 7.05. The normalized spacial score (nSPS) is 17.2. The molecule has 1 saturated heterocycles. The lowest BCUT2D eigenvalue weighted by molar-refractivity contribution is -0.139. The molecular formula is C30H33FN8O4. The van der Waals surface area contributed by atoms with Crippen LogP contribution in [0.4, 0.5) is 10.2 Å². The van der Waals surface area contributed by atoms with Crippen LogP contribution in [0.1, 0.15) is 37.0 Å². The lowest BCUT2D eigenvalue weighted by Gasteiger charge is -2.27. The highest BCUT2D eigenvalue weighted by Gasteiger charge is 2.41. The zero-order valence-electron chi connectivity index (χ0n) is 24.4. The molecule has 1 aliphatic rings. The minimum Gasteiger partial charge on any atom is -0.343 e. The van der Waals surface area contributed by atoms with Crippen molar-refractivity contribution in [1.82, 2.24) is 34.8 Å². The average Bonchev–Trinajstić information content (AvgIpc) is 3.72. The molecule has 12 nitrogen and oxygen atoms in total. The third-order valence-corrected chi connectivity index (χ3v) is 7.75. The van der Waals surface area contributed by atoms with E-state index in [-0.39, 0.29) is 31.2 Å². The molecule has 13 heteroatoms. The van der Waals surface area contributed by atoms with Crippen molar-refractivity contribution in [3.05, 3.63) is 60.7 Å². The third-order valence-electron chi connectivity index (χ3n) is 7.75. The van der Waals surface area contributed by atoms with E-state index in [1.807, 2.05) is 18.2 Å². The molecule has 4 aromatic rings. The maximum atomic E-state index is 14.7. The van der Waals surface area contributed by atoms with E-state index in [0.29, 0.717) is 28.7 Å². The summed E-state index contributed by atoms with van der Waals surface area (Å²) >= 11 is 0. The number of aromatic nitrogens is 5. The van der Waals surface area contributed by atoms with Crippen molar-refractivity contribution < 1.29 is 23.6 Å². The average molecular weight is 589 g/mol. The van der Waals surface area contributed by atoms with Gasteiger partial charge in [-0.2, -0.15) is 15.3 Å². The molecular weight excluding hydrogens is 555 g/mol. The molecule has 1 fully saturated rings. The Balaban J connectivity index is 1.34. The second kappa shape index (κ2) is 12.1. The van der Waals surface area contributed by atoms with Gasteiger partial charge in [0.1, 0.15) is 24.8 Å². The Morgan fingerprint density at radius 2 is 1.93 bits per heavy atom. The molecule has 5 rings (SSSR count). The summed E-state index contributed by atoms with van der Waals surface area (Å²) in [5.74, 6) is -1.19. The number of nitrogens with zero attached hydrogens (tertiary/aromatic N) is 7. The highest BCUT2D eigenvalue weighted by molar-refractivity contribution is 6.08. The lowest BCUT2D eigenvalue weighted by Crippen LogP contribution is -2.53. The molecule has 1 unspecified atom stereocenters. The van der Waals surface area contributed by atoms with Gasteiger partial charge >= 0.3 is 0 Å². The highest BCUT2D eigenvalue weighted by atomic mass is 19.1. The summed E-state index contributed by atoms with van der Waals surface area (Å²) in [5, 5.41) is 15.3. The number of likely N-dealkylation sites (tertiary alicyclic amines) is 1. The Morgan fingerprint density at radius 3 is 2.58 bits per heavy atom. The number of rotatable bonds is 9. The Hall–Kier alpha value is -4.94. The van der Waals surface area contributed by atoms with Crippen LogP contribution in [0.25, 0.3) is 22.0 Å². The third kappa shape index (κ3) is 6.01. The van der Waals surface area contributed by atoms with Gasteiger partial charge in [-0.15, -0.1) is 0 Å². The number of hydrogen-bond donors (Lipinski definition) is 1. The van der Waals surface area contributed by atoms with Gasteiger partial charge in [0.25, 0.3) is 0 Å². The molecule has 0 aliphatic carbocycles. The number of halogens is 1. The van der Waals surface area contributed by atoms with Gasteiger partial charge in [-0.25, -0.2) is 4.39 Å². The minimum absolute atomic E-state index is 0.172. The molecule has 43 heavy (non-hydrogen) atoms. The molecule has 0 radical (unpaired) electrons. The zero-order chi connectivity index (χ0) is 30.8. The molecule has 224 valence electrons. The maximum Gasteiger partial charge on any atom is 0.250 e. The van der Waals surface area contributed by atoms with E-state index in [0.717, 1.165) is 11.1 Å². The van der Waals surface area contributed by atoms with Crippen molar-refractivity contribution in [3.63, 3.8) is 0 Å². The summed E-state index contributed by atoms with van der Waals surface area (Å²) < 4.78 is 17.9. The van der Waals surface area contributed by atoms with Crippen molar-refractivity contribution in [1.29, 1.82) is 0 Å². The standard InChI is InChI=1S/C30H33FN8O4/c1-5-24(30(43)37(4)27-9-11-36(3)35-27)34-29(42)26-13-21(31)15-39(26)28(41)17-38-16-23(18(2)40)22-12-19(6-7-25(22)38)20-8-10-32-33-14-20/h6-12,14,16,21,24,26H,5,13,15,17H2,1-4H3,(H,34,42)/t21-,24?,26+/m1/s1. The number of ketones is 1. The van der Waals surface area contributed by atoms with Crippen LogP contribution in [-0.2, 0) is 28.0 Å². The maximum absolute atomic E-state index is 14.7. The smallest absolute Gasteiger partial charge is 0.250 e. The number of nitrogens with one attached hydrogen (secondary N) is 1. The fraction of sp³-hybridized carbons (Fsp3) is 0.367. The number of Topliss-reactive ketones (excluding diaryl/α,β-unsaturated/α-hetero) is 1. The van der Waals surface area contributed by atoms with Crippen LogP contribution in [0.5, 0.6) is 0 Å². The first-order valence-electron chi connectivity index (χ1n) is 14.0. The van der Waals surface area contributed by atoms with E-state index in [2.05, 4.69) is 20.6 Å². The molecule has 3 amide bonds. The number of hydrogen-bond acceptors (Lipinski definition) is 7. The second-order valence-electron chi connectivity index (χ2n) is 10.7. The summed E-state index contributed by atoms with van der Waals surface area (Å²) in [7, 11) is 3.30. The van der Waals surface area contributed by atoms with Gasteiger partial charge in [0.15, 0.2) is 11.6 Å². The van der Waals surface area contributed by atoms with E-state index in [4.69, 9.17) is 0 Å². The van der Waals surface area contributed by atoms with E-state index in [1.165, 1.54) is 16.7 Å². The molecule has 0 bridgehead atoms. The van der Waals surface area contributed by atoms with E-state index >= 15 is 0 Å². The predicted molar refractivity (Wildman–Crippen MR) is 157 cm³/mol. The largest absolute Gasteiger partial charge is 0.343 e. The molecule has 1 aliphatic heterocycles. The van der Waals surface area contributed by atoms with Crippen LogP contribution in [0.15, 0.2) is 55.1 Å². The quantitative estimate of drug-likeness (QED) is 0.297. The second-order valence-corrected chi connectivity index (χ2v) is 10.7. The van der Waals surface area contributed by atoms with Crippen LogP contribution in [0, 0.1) is 0 Å². The SMILES string of the molecule is CCC(NC(=O)[C@@H]1C[C@@H](F)CN1C(=O)Cn1cc(C(C)=O)c2cc(-c3ccnnc3)ccc21)C(=O)N(C)c1ccn(C)n1. The van der Waals surface area contributed by atoms with Crippen LogP contribution in [0.2, 0.25) is 0 Å². The van der Waals surface area contributed by atoms with Gasteiger partial charge in [-0.05, 0) is 37.1 Å². The van der Waals surface area contributed by atoms with Gasteiger partial charge in [-0.3, -0.25) is 28.8 Å². The molecule has 3 atom stereocenters. The number of amides is 3. The molecule has 4 heterocycles. The van der Waals surface area contributed by atoms with Crippen LogP contribution in [0.3, 0.4) is 0 Å². The number of anilines is 1. The van der Waals surface area contributed by atoms with Crippen molar-refractivity contribution in [2.24, 2.45) is 7.05 Å². The van der Waals surface area contributed by atoms with Crippen LogP contribution < -0.4 is 10.2 Å². The van der Waals surface area contributed by atoms with Crippen molar-refractivity contribution in [3.8, 4) is 11.1 Å². The van der Waals surface area contributed by atoms with Gasteiger partial charge in [0.2, 0.25) is 17.7 Å². The van der Waals surface area contributed by atoms with Crippen LogP contribution >= 0.6 is 0 Å². The van der Waals surface area contributed by atoms with Gasteiger partial charge in [0.05, 0.1) is 18.9 Å². The number of likely N-dealkylation sites (N-methyl/N-ethyl adjacent to an activating group) is 1. The summed E-state index contributed by atoms with van der Waals surface area (Å²) in [6.07, 6.45) is 5.23. The fourth-order valence-corrected chi connectivity index (χ4v) is 5.43. The van der Waals surface area contributed by atoms with Crippen molar-refractivity contribution >= 4 is 40.2 Å². The topological polar surface area (TPSA) is 135 Å². The number of benzene rings is 1. The number of carbonyl (C=O) groups excluding carboxylic acids is 4. The summed E-state index contributed by atoms with van der Waals surface area (Å²) in [6.45, 7) is 2.76. The molecule has 1 aromatic carbocycles. The highest BCUT2D eigenvalue weighted by Crippen LogP contribution is 2.29. The van der Waals surface area contributed by atoms with Gasteiger partial charge in [0, 0.05) is 61.0 Å².